The van der Waals surface area contributed by atoms with Crippen LogP contribution < -0.4 is 9.47 Å². The second-order valence-electron chi connectivity index (χ2n) is 5.17. The number of ether oxygens (including phenoxy) is 2. The standard InChI is InChI=1S/C20H19NO2/c1-2-7-17(8-3-1)16-23-20-11-6-10-19(15-20)22-14-12-18-9-4-5-13-21-18/h1-11,13,15H,12,14,16H2. The average Bonchev–Trinajstić information content (AvgIpc) is 2.62. The summed E-state index contributed by atoms with van der Waals surface area (Å²) in [7, 11) is 0. The molecule has 0 atom stereocenters. The van der Waals surface area contributed by atoms with Crippen molar-refractivity contribution in [2.75, 3.05) is 6.61 Å². The summed E-state index contributed by atoms with van der Waals surface area (Å²) in [6.45, 7) is 1.15. The Labute approximate surface area is 136 Å². The van der Waals surface area contributed by atoms with Gasteiger partial charge >= 0.3 is 0 Å². The Morgan fingerprint density at radius 2 is 1.52 bits per heavy atom. The number of hydrogen-bond donors (Lipinski definition) is 0. The van der Waals surface area contributed by atoms with Gasteiger partial charge in [-0.1, -0.05) is 42.5 Å². The van der Waals surface area contributed by atoms with Crippen LogP contribution in [0.1, 0.15) is 11.3 Å². The van der Waals surface area contributed by atoms with E-state index < -0.39 is 0 Å². The van der Waals surface area contributed by atoms with E-state index in [1.54, 1.807) is 6.20 Å². The summed E-state index contributed by atoms with van der Waals surface area (Å²) in [6, 6.07) is 23.8. The molecule has 0 N–H and O–H groups in total. The second kappa shape index (κ2) is 7.99. The second-order valence-corrected chi connectivity index (χ2v) is 5.17. The van der Waals surface area contributed by atoms with Crippen LogP contribution in [0.5, 0.6) is 11.5 Å². The van der Waals surface area contributed by atoms with Crippen molar-refractivity contribution in [3.8, 4) is 11.5 Å². The molecule has 0 saturated carbocycles. The highest BCUT2D eigenvalue weighted by atomic mass is 16.5. The molecular weight excluding hydrogens is 286 g/mol. The van der Waals surface area contributed by atoms with E-state index in [9.17, 15) is 0 Å². The quantitative estimate of drug-likeness (QED) is 0.653. The van der Waals surface area contributed by atoms with Crippen molar-refractivity contribution in [2.24, 2.45) is 0 Å². The van der Waals surface area contributed by atoms with Gasteiger partial charge in [0.25, 0.3) is 0 Å². The third-order valence-electron chi connectivity index (χ3n) is 3.41. The van der Waals surface area contributed by atoms with Gasteiger partial charge in [0, 0.05) is 24.4 Å². The number of hydrogen-bond acceptors (Lipinski definition) is 3. The zero-order chi connectivity index (χ0) is 15.7. The lowest BCUT2D eigenvalue weighted by molar-refractivity contribution is 0.296. The topological polar surface area (TPSA) is 31.4 Å². The Bertz CT molecular complexity index is 714. The molecule has 1 heterocycles. The number of aromatic nitrogens is 1. The first-order valence-corrected chi connectivity index (χ1v) is 7.70. The maximum atomic E-state index is 5.80. The molecule has 3 rings (SSSR count). The van der Waals surface area contributed by atoms with Gasteiger partial charge in [0.2, 0.25) is 0 Å². The minimum Gasteiger partial charge on any atom is -0.493 e. The van der Waals surface area contributed by atoms with Gasteiger partial charge in [0.05, 0.1) is 6.61 Å². The van der Waals surface area contributed by atoms with Crippen molar-refractivity contribution in [3.05, 3.63) is 90.3 Å². The zero-order valence-corrected chi connectivity index (χ0v) is 12.9. The minimum absolute atomic E-state index is 0.554. The first-order valence-electron chi connectivity index (χ1n) is 7.70. The van der Waals surface area contributed by atoms with Gasteiger partial charge in [-0.05, 0) is 29.8 Å². The normalized spacial score (nSPS) is 10.3. The Morgan fingerprint density at radius 3 is 2.30 bits per heavy atom. The Kier molecular flexibility index (Phi) is 5.25. The summed E-state index contributed by atoms with van der Waals surface area (Å²) in [5.41, 5.74) is 2.18. The van der Waals surface area contributed by atoms with E-state index in [2.05, 4.69) is 4.98 Å². The highest BCUT2D eigenvalue weighted by Gasteiger charge is 2.00. The van der Waals surface area contributed by atoms with E-state index in [0.717, 1.165) is 29.2 Å². The van der Waals surface area contributed by atoms with Crippen LogP contribution in [0.15, 0.2) is 79.0 Å². The number of rotatable bonds is 7. The first-order chi connectivity index (χ1) is 11.4. The molecule has 2 aromatic carbocycles. The van der Waals surface area contributed by atoms with E-state index in [-0.39, 0.29) is 0 Å². The van der Waals surface area contributed by atoms with Crippen LogP contribution in [0.2, 0.25) is 0 Å². The van der Waals surface area contributed by atoms with Crippen molar-refractivity contribution >= 4 is 0 Å². The van der Waals surface area contributed by atoms with Gasteiger partial charge in [-0.25, -0.2) is 0 Å². The Hall–Kier alpha value is -2.81. The maximum absolute atomic E-state index is 5.80. The zero-order valence-electron chi connectivity index (χ0n) is 12.9. The van der Waals surface area contributed by atoms with Crippen LogP contribution in [0.3, 0.4) is 0 Å². The van der Waals surface area contributed by atoms with Crippen LogP contribution >= 0.6 is 0 Å². The summed E-state index contributed by atoms with van der Waals surface area (Å²) in [5.74, 6) is 1.62. The highest BCUT2D eigenvalue weighted by Crippen LogP contribution is 2.20. The summed E-state index contributed by atoms with van der Waals surface area (Å²) < 4.78 is 11.6. The van der Waals surface area contributed by atoms with Gasteiger partial charge in [-0.3, -0.25) is 4.98 Å². The van der Waals surface area contributed by atoms with E-state index >= 15 is 0 Å². The molecule has 0 bridgehead atoms. The van der Waals surface area contributed by atoms with E-state index in [4.69, 9.17) is 9.47 Å². The molecule has 23 heavy (non-hydrogen) atoms. The van der Waals surface area contributed by atoms with Crippen molar-refractivity contribution in [3.63, 3.8) is 0 Å². The molecule has 0 aliphatic carbocycles. The fourth-order valence-electron chi connectivity index (χ4n) is 2.21. The summed E-state index contributed by atoms with van der Waals surface area (Å²) in [6.07, 6.45) is 2.59. The van der Waals surface area contributed by atoms with Crippen molar-refractivity contribution in [1.29, 1.82) is 0 Å². The molecule has 3 heteroatoms. The van der Waals surface area contributed by atoms with Crippen molar-refractivity contribution in [1.82, 2.24) is 4.98 Å². The van der Waals surface area contributed by atoms with Gasteiger partial charge in [-0.15, -0.1) is 0 Å². The first kappa shape index (κ1) is 15.1. The molecule has 0 radical (unpaired) electrons. The molecule has 3 nitrogen and oxygen atoms in total. The number of benzene rings is 2. The average molecular weight is 305 g/mol. The lowest BCUT2D eigenvalue weighted by atomic mass is 10.2. The Morgan fingerprint density at radius 1 is 0.739 bits per heavy atom. The summed E-state index contributed by atoms with van der Waals surface area (Å²) in [4.78, 5) is 4.29. The van der Waals surface area contributed by atoms with Crippen molar-refractivity contribution < 1.29 is 9.47 Å². The maximum Gasteiger partial charge on any atom is 0.123 e. The number of pyridine rings is 1. The molecule has 1 aromatic heterocycles. The predicted molar refractivity (Wildman–Crippen MR) is 90.7 cm³/mol. The fourth-order valence-corrected chi connectivity index (χ4v) is 2.21. The van der Waals surface area contributed by atoms with Crippen LogP contribution in [-0.2, 0) is 13.0 Å². The van der Waals surface area contributed by atoms with E-state index in [1.807, 2.05) is 72.8 Å². The molecule has 3 aromatic rings. The summed E-state index contributed by atoms with van der Waals surface area (Å²) >= 11 is 0. The molecule has 0 spiro atoms. The molecule has 0 aliphatic rings. The van der Waals surface area contributed by atoms with Gasteiger partial charge in [-0.2, -0.15) is 0 Å². The predicted octanol–water partition coefficient (Wildman–Crippen LogP) is 4.28. The summed E-state index contributed by atoms with van der Waals surface area (Å²) in [5, 5.41) is 0. The molecular formula is C20H19NO2. The third kappa shape index (κ3) is 4.85. The lowest BCUT2D eigenvalue weighted by Crippen LogP contribution is -2.03. The molecule has 0 amide bonds. The molecule has 0 fully saturated rings. The highest BCUT2D eigenvalue weighted by molar-refractivity contribution is 5.33. The third-order valence-corrected chi connectivity index (χ3v) is 3.41. The van der Waals surface area contributed by atoms with Gasteiger partial charge in [0.1, 0.15) is 18.1 Å². The smallest absolute Gasteiger partial charge is 0.123 e. The molecule has 0 unspecified atom stereocenters. The molecule has 0 saturated heterocycles. The van der Waals surface area contributed by atoms with Crippen LogP contribution in [0.25, 0.3) is 0 Å². The van der Waals surface area contributed by atoms with Crippen molar-refractivity contribution in [2.45, 2.75) is 13.0 Å². The Balaban J connectivity index is 1.51. The SMILES string of the molecule is c1ccc(COc2cccc(OCCc3ccccn3)c2)cc1. The van der Waals surface area contributed by atoms with Gasteiger partial charge in [0.15, 0.2) is 0 Å². The lowest BCUT2D eigenvalue weighted by Gasteiger charge is -2.09. The van der Waals surface area contributed by atoms with Gasteiger partial charge < -0.3 is 9.47 Å². The monoisotopic (exact) mass is 305 g/mol. The van der Waals surface area contributed by atoms with E-state index in [1.165, 1.54) is 0 Å². The van der Waals surface area contributed by atoms with Crippen LogP contribution in [0, 0.1) is 0 Å². The molecule has 0 aliphatic heterocycles. The van der Waals surface area contributed by atoms with Crippen LogP contribution in [0.4, 0.5) is 0 Å². The molecule has 116 valence electrons. The largest absolute Gasteiger partial charge is 0.493 e. The minimum atomic E-state index is 0.554. The van der Waals surface area contributed by atoms with Crippen LogP contribution in [-0.4, -0.2) is 11.6 Å². The fraction of sp³-hybridized carbons (Fsp3) is 0.150. The van der Waals surface area contributed by atoms with E-state index in [0.29, 0.717) is 13.2 Å². The number of nitrogens with zero attached hydrogens (tertiary/aromatic N) is 1.